The third-order valence-electron chi connectivity index (χ3n) is 7.01. The third kappa shape index (κ3) is 4.00. The molecule has 0 bridgehead atoms. The molecule has 34 heavy (non-hydrogen) atoms. The Balaban J connectivity index is 1.41. The lowest BCUT2D eigenvalue weighted by atomic mass is 10.1. The number of nitrogens with one attached hydrogen (secondary N) is 1. The van der Waals surface area contributed by atoms with Crippen molar-refractivity contribution in [1.29, 1.82) is 0 Å². The van der Waals surface area contributed by atoms with Crippen LogP contribution in [0.4, 0.5) is 16.6 Å². The van der Waals surface area contributed by atoms with Crippen LogP contribution in [0.5, 0.6) is 0 Å². The number of carboxylic acid groups (broad SMARTS) is 1. The normalized spacial score (nSPS) is 24.1. The zero-order valence-electron chi connectivity index (χ0n) is 20.0. The van der Waals surface area contributed by atoms with Crippen LogP contribution in [-0.2, 0) is 0 Å². The van der Waals surface area contributed by atoms with Gasteiger partial charge in [0.15, 0.2) is 0 Å². The van der Waals surface area contributed by atoms with Gasteiger partial charge in [-0.3, -0.25) is 5.10 Å². The fourth-order valence-electron chi connectivity index (χ4n) is 4.97. The zero-order valence-corrected chi connectivity index (χ0v) is 20.0. The molecule has 3 aromatic rings. The van der Waals surface area contributed by atoms with Crippen molar-refractivity contribution in [2.45, 2.75) is 38.9 Å². The molecular weight excluding hydrogens is 434 g/mol. The number of aromatic amines is 1. The molecule has 5 heterocycles. The van der Waals surface area contributed by atoms with E-state index in [1.165, 1.54) is 4.90 Å². The van der Waals surface area contributed by atoms with Gasteiger partial charge in [0.2, 0.25) is 5.95 Å². The molecule has 1 amide bonds. The number of piperazine rings is 2. The molecule has 0 spiro atoms. The first-order valence-corrected chi connectivity index (χ1v) is 11.7. The van der Waals surface area contributed by atoms with Gasteiger partial charge in [-0.25, -0.2) is 19.7 Å². The largest absolute Gasteiger partial charge is 0.465 e. The Morgan fingerprint density at radius 1 is 1.03 bits per heavy atom. The number of aromatic nitrogens is 5. The van der Waals surface area contributed by atoms with Crippen molar-refractivity contribution in [3.05, 3.63) is 24.5 Å². The first-order chi connectivity index (χ1) is 16.3. The molecule has 3 aromatic heterocycles. The zero-order chi connectivity index (χ0) is 24.0. The van der Waals surface area contributed by atoms with E-state index in [-0.39, 0.29) is 12.1 Å². The molecule has 2 saturated heterocycles. The van der Waals surface area contributed by atoms with E-state index in [1.54, 1.807) is 6.20 Å². The number of hydrogen-bond acceptors (Lipinski definition) is 8. The van der Waals surface area contributed by atoms with E-state index in [2.05, 4.69) is 43.9 Å². The second-order valence-corrected chi connectivity index (χ2v) is 9.48. The molecule has 2 N–H and O–H groups in total. The monoisotopic (exact) mass is 465 g/mol. The van der Waals surface area contributed by atoms with Gasteiger partial charge in [0, 0.05) is 62.6 Å². The van der Waals surface area contributed by atoms with Crippen LogP contribution >= 0.6 is 0 Å². The van der Waals surface area contributed by atoms with E-state index in [0.29, 0.717) is 25.1 Å². The molecule has 0 radical (unpaired) electrons. The fourth-order valence-corrected chi connectivity index (χ4v) is 4.97. The number of H-pyrrole nitrogens is 1. The van der Waals surface area contributed by atoms with Crippen LogP contribution in [0.25, 0.3) is 22.3 Å². The molecule has 2 aliphatic rings. The van der Waals surface area contributed by atoms with Crippen LogP contribution in [-0.4, -0.2) is 104 Å². The van der Waals surface area contributed by atoms with Gasteiger partial charge in [-0.1, -0.05) is 0 Å². The van der Waals surface area contributed by atoms with E-state index in [0.717, 1.165) is 47.7 Å². The van der Waals surface area contributed by atoms with E-state index < -0.39 is 6.09 Å². The van der Waals surface area contributed by atoms with E-state index in [4.69, 9.17) is 9.97 Å². The number of amides is 1. The molecule has 2 fully saturated rings. The molecule has 11 nitrogen and oxygen atoms in total. The highest BCUT2D eigenvalue weighted by molar-refractivity contribution is 5.89. The van der Waals surface area contributed by atoms with Gasteiger partial charge in [-0.2, -0.15) is 5.10 Å². The summed E-state index contributed by atoms with van der Waals surface area (Å²) >= 11 is 0. The van der Waals surface area contributed by atoms with Crippen LogP contribution in [0.3, 0.4) is 0 Å². The van der Waals surface area contributed by atoms with Crippen molar-refractivity contribution in [2.75, 3.05) is 49.6 Å². The minimum atomic E-state index is -0.895. The Morgan fingerprint density at radius 2 is 1.79 bits per heavy atom. The van der Waals surface area contributed by atoms with E-state index >= 15 is 0 Å². The summed E-state index contributed by atoms with van der Waals surface area (Å²) in [5, 5.41) is 16.9. The summed E-state index contributed by atoms with van der Waals surface area (Å²) in [7, 11) is 2.16. The van der Waals surface area contributed by atoms with Gasteiger partial charge < -0.3 is 24.7 Å². The second-order valence-electron chi connectivity index (χ2n) is 9.48. The average molecular weight is 466 g/mol. The van der Waals surface area contributed by atoms with E-state index in [9.17, 15) is 9.90 Å². The summed E-state index contributed by atoms with van der Waals surface area (Å²) in [5.74, 6) is 1.55. The number of hydrogen-bond donors (Lipinski definition) is 2. The summed E-state index contributed by atoms with van der Waals surface area (Å²) in [6.45, 7) is 9.99. The lowest BCUT2D eigenvalue weighted by Crippen LogP contribution is -2.58. The highest BCUT2D eigenvalue weighted by atomic mass is 16.4. The molecular formula is C23H31N9O2. The third-order valence-corrected chi connectivity index (χ3v) is 7.01. The van der Waals surface area contributed by atoms with Crippen LogP contribution in [0.15, 0.2) is 24.5 Å². The standard InChI is InChI=1S/C23H31N9O2/c1-14-11-30(8-7-29(14)4)19-6-5-17(9-24-19)20-21-18(27-28-20)10-25-22(26-21)32-15(2)12-31(23(33)34)13-16(32)3/h5-6,9-10,14-16H,7-8,11-13H2,1-4H3,(H,27,28)(H,33,34)/t14?,15-,16+. The SMILES string of the molecule is CC1CN(c2ccc(-c3n[nH]c4cnc(N5[C@H](C)CN(C(=O)O)C[C@@H]5C)nc34)cn2)CCN1C. The number of pyridine rings is 1. The maximum atomic E-state index is 11.4. The van der Waals surface area contributed by atoms with Crippen molar-refractivity contribution in [3.63, 3.8) is 0 Å². The maximum absolute atomic E-state index is 11.4. The van der Waals surface area contributed by atoms with Crippen LogP contribution in [0.2, 0.25) is 0 Å². The topological polar surface area (TPSA) is 118 Å². The molecule has 180 valence electrons. The minimum Gasteiger partial charge on any atom is -0.465 e. The van der Waals surface area contributed by atoms with E-state index in [1.807, 2.05) is 32.2 Å². The van der Waals surface area contributed by atoms with Crippen molar-refractivity contribution in [3.8, 4) is 11.3 Å². The number of carbonyl (C=O) groups is 1. The molecule has 3 atom stereocenters. The molecule has 1 unspecified atom stereocenters. The maximum Gasteiger partial charge on any atom is 0.407 e. The fraction of sp³-hybridized carbons (Fsp3) is 0.522. The smallest absolute Gasteiger partial charge is 0.407 e. The lowest BCUT2D eigenvalue weighted by molar-refractivity contribution is 0.128. The molecule has 0 aromatic carbocycles. The second kappa shape index (κ2) is 8.71. The molecule has 11 heteroatoms. The Bertz CT molecular complexity index is 1170. The molecule has 2 aliphatic heterocycles. The van der Waals surface area contributed by atoms with Gasteiger partial charge in [0.05, 0.1) is 6.20 Å². The number of anilines is 2. The summed E-state index contributed by atoms with van der Waals surface area (Å²) < 4.78 is 0. The number of nitrogens with zero attached hydrogens (tertiary/aromatic N) is 8. The minimum absolute atomic E-state index is 0.0421. The molecule has 5 rings (SSSR count). The number of rotatable bonds is 3. The predicted octanol–water partition coefficient (Wildman–Crippen LogP) is 2.13. The average Bonchev–Trinajstić information content (AvgIpc) is 3.24. The van der Waals surface area contributed by atoms with Crippen molar-refractivity contribution < 1.29 is 9.90 Å². The van der Waals surface area contributed by atoms with Crippen molar-refractivity contribution >= 4 is 28.9 Å². The van der Waals surface area contributed by atoms with Gasteiger partial charge in [-0.15, -0.1) is 0 Å². The van der Waals surface area contributed by atoms with Crippen molar-refractivity contribution in [2.24, 2.45) is 0 Å². The van der Waals surface area contributed by atoms with Gasteiger partial charge in [0.25, 0.3) is 0 Å². The summed E-state index contributed by atoms with van der Waals surface area (Å²) in [6, 6.07) is 4.49. The predicted molar refractivity (Wildman–Crippen MR) is 130 cm³/mol. The number of fused-ring (bicyclic) bond motifs is 1. The van der Waals surface area contributed by atoms with Gasteiger partial charge in [0.1, 0.15) is 22.5 Å². The Hall–Kier alpha value is -3.47. The summed E-state index contributed by atoms with van der Waals surface area (Å²) in [4.78, 5) is 33.8. The summed E-state index contributed by atoms with van der Waals surface area (Å²) in [6.07, 6.45) is 2.70. The Labute approximate surface area is 198 Å². The molecule has 0 aliphatic carbocycles. The Morgan fingerprint density at radius 3 is 2.44 bits per heavy atom. The van der Waals surface area contributed by atoms with Crippen LogP contribution < -0.4 is 9.80 Å². The number of likely N-dealkylation sites (N-methyl/N-ethyl adjacent to an activating group) is 1. The summed E-state index contributed by atoms with van der Waals surface area (Å²) in [5.41, 5.74) is 3.10. The van der Waals surface area contributed by atoms with Gasteiger partial charge >= 0.3 is 6.09 Å². The van der Waals surface area contributed by atoms with Crippen LogP contribution in [0.1, 0.15) is 20.8 Å². The lowest BCUT2D eigenvalue weighted by Gasteiger charge is -2.43. The quantitative estimate of drug-likeness (QED) is 0.600. The highest BCUT2D eigenvalue weighted by Gasteiger charge is 2.33. The Kier molecular flexibility index (Phi) is 5.72. The van der Waals surface area contributed by atoms with Gasteiger partial charge in [-0.05, 0) is 40.0 Å². The first kappa shape index (κ1) is 22.3. The molecule has 0 saturated carbocycles. The first-order valence-electron chi connectivity index (χ1n) is 11.7. The highest BCUT2D eigenvalue weighted by Crippen LogP contribution is 2.29. The van der Waals surface area contributed by atoms with Crippen molar-refractivity contribution in [1.82, 2.24) is 34.9 Å². The van der Waals surface area contributed by atoms with Crippen LogP contribution in [0, 0.1) is 0 Å².